The second-order valence-corrected chi connectivity index (χ2v) is 6.49. The summed E-state index contributed by atoms with van der Waals surface area (Å²) in [5, 5.41) is 9.09. The fourth-order valence-corrected chi connectivity index (χ4v) is 4.33. The van der Waals surface area contributed by atoms with Crippen molar-refractivity contribution >= 4 is 23.5 Å². The van der Waals surface area contributed by atoms with Crippen LogP contribution in [0.1, 0.15) is 23.7 Å². The van der Waals surface area contributed by atoms with E-state index in [9.17, 15) is 14.4 Å². The maximum atomic E-state index is 12.9. The standard InChI is InChI=1S/C17H15NO4/c1-17-11-6-5-9(7-11)13(17)14(19)18(16(17)22)12-4-2-3-10(8-12)15(20)21/h2-6,8-9,11,13H,7H2,1H3,(H,20,21)/t9-,11+,13+,17+/m0/s1. The molecule has 5 heteroatoms. The Morgan fingerprint density at radius 3 is 2.77 bits per heavy atom. The Balaban J connectivity index is 1.79. The molecule has 22 heavy (non-hydrogen) atoms. The second-order valence-electron chi connectivity index (χ2n) is 6.49. The molecule has 1 saturated carbocycles. The molecular formula is C17H15NO4. The number of aromatic carboxylic acids is 1. The van der Waals surface area contributed by atoms with Gasteiger partial charge in [0.25, 0.3) is 0 Å². The van der Waals surface area contributed by atoms with Crippen molar-refractivity contribution in [1.82, 2.24) is 0 Å². The molecule has 1 aromatic carbocycles. The first kappa shape index (κ1) is 13.2. The van der Waals surface area contributed by atoms with Gasteiger partial charge in [0.2, 0.25) is 11.8 Å². The maximum absolute atomic E-state index is 12.9. The lowest BCUT2D eigenvalue weighted by molar-refractivity contribution is -0.127. The summed E-state index contributed by atoms with van der Waals surface area (Å²) < 4.78 is 0. The van der Waals surface area contributed by atoms with Gasteiger partial charge in [0.1, 0.15) is 0 Å². The van der Waals surface area contributed by atoms with E-state index in [0.29, 0.717) is 5.69 Å². The molecule has 3 aliphatic rings. The minimum atomic E-state index is -1.07. The molecule has 0 unspecified atom stereocenters. The minimum absolute atomic E-state index is 0.0707. The van der Waals surface area contributed by atoms with E-state index in [1.54, 1.807) is 12.1 Å². The molecule has 2 aliphatic carbocycles. The van der Waals surface area contributed by atoms with Crippen molar-refractivity contribution in [3.63, 3.8) is 0 Å². The summed E-state index contributed by atoms with van der Waals surface area (Å²) in [5.41, 5.74) is -0.262. The lowest BCUT2D eigenvalue weighted by Gasteiger charge is -2.28. The summed E-state index contributed by atoms with van der Waals surface area (Å²) in [6, 6.07) is 6.01. The Hall–Kier alpha value is -2.43. The number of anilines is 1. The largest absolute Gasteiger partial charge is 0.478 e. The molecule has 112 valence electrons. The van der Waals surface area contributed by atoms with E-state index >= 15 is 0 Å². The van der Waals surface area contributed by atoms with Crippen LogP contribution in [0.25, 0.3) is 0 Å². The number of nitrogens with zero attached hydrogens (tertiary/aromatic N) is 1. The minimum Gasteiger partial charge on any atom is -0.478 e. The van der Waals surface area contributed by atoms with E-state index in [4.69, 9.17) is 5.11 Å². The Labute approximate surface area is 127 Å². The third kappa shape index (κ3) is 1.41. The predicted molar refractivity (Wildman–Crippen MR) is 78.2 cm³/mol. The van der Waals surface area contributed by atoms with E-state index < -0.39 is 11.4 Å². The van der Waals surface area contributed by atoms with Gasteiger partial charge in [-0.25, -0.2) is 9.69 Å². The van der Waals surface area contributed by atoms with Crippen molar-refractivity contribution in [2.75, 3.05) is 4.90 Å². The van der Waals surface area contributed by atoms with Crippen molar-refractivity contribution in [2.45, 2.75) is 13.3 Å². The number of imide groups is 1. The van der Waals surface area contributed by atoms with Crippen molar-refractivity contribution < 1.29 is 19.5 Å². The Bertz CT molecular complexity index is 753. The number of carbonyl (C=O) groups excluding carboxylic acids is 2. The van der Waals surface area contributed by atoms with Crippen molar-refractivity contribution in [3.8, 4) is 0 Å². The number of carboxylic acid groups (broad SMARTS) is 1. The van der Waals surface area contributed by atoms with E-state index in [0.717, 1.165) is 6.42 Å². The van der Waals surface area contributed by atoms with E-state index in [1.165, 1.54) is 17.0 Å². The number of hydrogen-bond acceptors (Lipinski definition) is 3. The van der Waals surface area contributed by atoms with Gasteiger partial charge in [-0.2, -0.15) is 0 Å². The van der Waals surface area contributed by atoms with Gasteiger partial charge < -0.3 is 5.11 Å². The molecule has 2 fully saturated rings. The lowest BCUT2D eigenvalue weighted by Crippen LogP contribution is -2.37. The normalized spacial score (nSPS) is 35.3. The van der Waals surface area contributed by atoms with Crippen molar-refractivity contribution in [3.05, 3.63) is 42.0 Å². The van der Waals surface area contributed by atoms with Gasteiger partial charge >= 0.3 is 5.97 Å². The SMILES string of the molecule is C[C@]12C(=O)N(c3cccc(C(=O)O)c3)C(=O)[C@H]1[C@H]1C=C[C@@H]2C1. The maximum Gasteiger partial charge on any atom is 0.335 e. The molecule has 1 N–H and O–H groups in total. The quantitative estimate of drug-likeness (QED) is 0.670. The third-order valence-corrected chi connectivity index (χ3v) is 5.46. The van der Waals surface area contributed by atoms with Crippen molar-refractivity contribution in [1.29, 1.82) is 0 Å². The fourth-order valence-electron chi connectivity index (χ4n) is 4.33. The first-order chi connectivity index (χ1) is 10.4. The molecule has 1 aromatic rings. The average molecular weight is 297 g/mol. The van der Waals surface area contributed by atoms with Crippen LogP contribution in [0.2, 0.25) is 0 Å². The summed E-state index contributed by atoms with van der Waals surface area (Å²) in [7, 11) is 0. The number of fused-ring (bicyclic) bond motifs is 5. The average Bonchev–Trinajstić information content (AvgIpc) is 3.12. The molecule has 2 bridgehead atoms. The number of rotatable bonds is 2. The number of hydrogen-bond donors (Lipinski definition) is 1. The van der Waals surface area contributed by atoms with Crippen LogP contribution in [0.4, 0.5) is 5.69 Å². The van der Waals surface area contributed by atoms with Crippen LogP contribution < -0.4 is 4.90 Å². The summed E-state index contributed by atoms with van der Waals surface area (Å²) >= 11 is 0. The van der Waals surface area contributed by atoms with Crippen LogP contribution in [0.3, 0.4) is 0 Å². The second kappa shape index (κ2) is 4.06. The zero-order valence-electron chi connectivity index (χ0n) is 12.0. The molecule has 4 atom stereocenters. The van der Waals surface area contributed by atoms with Crippen LogP contribution in [0.5, 0.6) is 0 Å². The van der Waals surface area contributed by atoms with Gasteiger partial charge in [-0.3, -0.25) is 9.59 Å². The molecule has 2 amide bonds. The number of amides is 2. The smallest absolute Gasteiger partial charge is 0.335 e. The zero-order valence-corrected chi connectivity index (χ0v) is 12.0. The molecule has 1 saturated heterocycles. The fraction of sp³-hybridized carbons (Fsp3) is 0.353. The van der Waals surface area contributed by atoms with Gasteiger partial charge in [0.15, 0.2) is 0 Å². The van der Waals surface area contributed by atoms with Gasteiger partial charge in [-0.1, -0.05) is 18.2 Å². The number of allylic oxidation sites excluding steroid dienone is 2. The Morgan fingerprint density at radius 1 is 1.32 bits per heavy atom. The van der Waals surface area contributed by atoms with Gasteiger partial charge in [-0.05, 0) is 43.4 Å². The first-order valence-electron chi connectivity index (χ1n) is 7.34. The highest BCUT2D eigenvalue weighted by molar-refractivity contribution is 6.24. The van der Waals surface area contributed by atoms with Crippen LogP contribution >= 0.6 is 0 Å². The molecule has 1 aliphatic heterocycles. The van der Waals surface area contributed by atoms with Crippen LogP contribution in [0, 0.1) is 23.2 Å². The highest BCUT2D eigenvalue weighted by Gasteiger charge is 2.67. The molecule has 0 spiro atoms. The van der Waals surface area contributed by atoms with Crippen LogP contribution in [-0.2, 0) is 9.59 Å². The Kier molecular flexibility index (Phi) is 2.45. The topological polar surface area (TPSA) is 74.7 Å². The van der Waals surface area contributed by atoms with Gasteiger partial charge in [0.05, 0.1) is 22.6 Å². The first-order valence-corrected chi connectivity index (χ1v) is 7.34. The van der Waals surface area contributed by atoms with Gasteiger partial charge in [0, 0.05) is 0 Å². The zero-order chi connectivity index (χ0) is 15.6. The monoisotopic (exact) mass is 297 g/mol. The molecule has 1 heterocycles. The molecule has 4 rings (SSSR count). The summed E-state index contributed by atoms with van der Waals surface area (Å²) in [6.45, 7) is 1.87. The number of carbonyl (C=O) groups is 3. The lowest BCUT2D eigenvalue weighted by atomic mass is 9.71. The van der Waals surface area contributed by atoms with Crippen molar-refractivity contribution in [2.24, 2.45) is 23.2 Å². The highest BCUT2D eigenvalue weighted by atomic mass is 16.4. The van der Waals surface area contributed by atoms with Crippen LogP contribution in [-0.4, -0.2) is 22.9 Å². The third-order valence-electron chi connectivity index (χ3n) is 5.46. The Morgan fingerprint density at radius 2 is 2.09 bits per heavy atom. The van der Waals surface area contributed by atoms with E-state index in [2.05, 4.69) is 0 Å². The molecule has 0 aromatic heterocycles. The molecule has 5 nitrogen and oxygen atoms in total. The molecule has 0 radical (unpaired) electrons. The predicted octanol–water partition coefficient (Wildman–Crippen LogP) is 2.09. The van der Waals surface area contributed by atoms with E-state index in [1.807, 2.05) is 19.1 Å². The van der Waals surface area contributed by atoms with Crippen LogP contribution in [0.15, 0.2) is 36.4 Å². The van der Waals surface area contributed by atoms with E-state index in [-0.39, 0.29) is 35.1 Å². The highest BCUT2D eigenvalue weighted by Crippen LogP contribution is 2.60. The summed E-state index contributed by atoms with van der Waals surface area (Å²) in [5.74, 6) is -1.57. The van der Waals surface area contributed by atoms with Gasteiger partial charge in [-0.15, -0.1) is 0 Å². The number of benzene rings is 1. The summed E-state index contributed by atoms with van der Waals surface area (Å²) in [6.07, 6.45) is 4.95. The molecular weight excluding hydrogens is 282 g/mol. The summed E-state index contributed by atoms with van der Waals surface area (Å²) in [4.78, 5) is 38.0. The number of carboxylic acids is 1.